The van der Waals surface area contributed by atoms with Crippen LogP contribution in [0.3, 0.4) is 0 Å². The van der Waals surface area contributed by atoms with Crippen molar-refractivity contribution in [1.29, 1.82) is 0 Å². The van der Waals surface area contributed by atoms with Crippen LogP contribution in [0.2, 0.25) is 0 Å². The molecule has 4 rings (SSSR count). The van der Waals surface area contributed by atoms with Crippen molar-refractivity contribution in [2.75, 3.05) is 12.0 Å². The summed E-state index contributed by atoms with van der Waals surface area (Å²) in [4.78, 5) is 21.1. The predicted molar refractivity (Wildman–Crippen MR) is 143 cm³/mol. The van der Waals surface area contributed by atoms with Gasteiger partial charge < -0.3 is 9.47 Å². The van der Waals surface area contributed by atoms with Crippen molar-refractivity contribution in [3.63, 3.8) is 0 Å². The molecule has 1 atom stereocenters. The Balaban J connectivity index is 1.72. The Morgan fingerprint density at radius 3 is 2.57 bits per heavy atom. The van der Waals surface area contributed by atoms with E-state index in [1.54, 1.807) is 18.2 Å². The first-order chi connectivity index (χ1) is 16.6. The third-order valence-corrected chi connectivity index (χ3v) is 7.46. The lowest BCUT2D eigenvalue weighted by Gasteiger charge is -2.29. The third-order valence-electron chi connectivity index (χ3n) is 6.09. The van der Waals surface area contributed by atoms with E-state index in [0.717, 1.165) is 40.2 Å². The number of aromatic nitrogens is 1. The minimum atomic E-state index is -0.613. The minimum absolute atomic E-state index is 0.290. The van der Waals surface area contributed by atoms with Gasteiger partial charge in [-0.05, 0) is 82.9 Å². The smallest absolute Gasteiger partial charge is 0.415 e. The molecular formula is C29H34N2O3S. The van der Waals surface area contributed by atoms with E-state index in [9.17, 15) is 4.79 Å². The fraction of sp³-hybridized carbons (Fsp3) is 0.379. The van der Waals surface area contributed by atoms with Gasteiger partial charge in [0.25, 0.3) is 0 Å². The summed E-state index contributed by atoms with van der Waals surface area (Å²) in [5.74, 6) is 0.796. The first-order valence-corrected chi connectivity index (χ1v) is 12.8. The van der Waals surface area contributed by atoms with Crippen LogP contribution in [0.15, 0.2) is 53.6 Å². The van der Waals surface area contributed by atoms with E-state index in [2.05, 4.69) is 48.3 Å². The van der Waals surface area contributed by atoms with Crippen LogP contribution in [-0.2, 0) is 17.7 Å². The zero-order chi connectivity index (χ0) is 25.3. The summed E-state index contributed by atoms with van der Waals surface area (Å²) in [7, 11) is 1.66. The Bertz CT molecular complexity index is 1220. The van der Waals surface area contributed by atoms with E-state index >= 15 is 0 Å². The molecule has 35 heavy (non-hydrogen) atoms. The van der Waals surface area contributed by atoms with Crippen molar-refractivity contribution in [3.05, 3.63) is 82.2 Å². The van der Waals surface area contributed by atoms with Crippen molar-refractivity contribution < 1.29 is 14.3 Å². The van der Waals surface area contributed by atoms with Gasteiger partial charge in [-0.2, -0.15) is 0 Å². The largest absolute Gasteiger partial charge is 0.496 e. The number of rotatable bonds is 5. The van der Waals surface area contributed by atoms with Gasteiger partial charge in [0.1, 0.15) is 11.4 Å². The lowest BCUT2D eigenvalue weighted by molar-refractivity contribution is 0.0577. The minimum Gasteiger partial charge on any atom is -0.496 e. The van der Waals surface area contributed by atoms with Crippen LogP contribution in [0.25, 0.3) is 0 Å². The van der Waals surface area contributed by atoms with Crippen LogP contribution in [0.1, 0.15) is 59.5 Å². The number of nitrogens with zero attached hydrogens (tertiary/aromatic N) is 2. The highest BCUT2D eigenvalue weighted by Gasteiger charge is 2.28. The lowest BCUT2D eigenvalue weighted by Crippen LogP contribution is -2.37. The van der Waals surface area contributed by atoms with Crippen LogP contribution >= 0.6 is 11.8 Å². The zero-order valence-corrected chi connectivity index (χ0v) is 22.5. The van der Waals surface area contributed by atoms with Gasteiger partial charge in [0.05, 0.1) is 19.3 Å². The molecule has 0 aliphatic carbocycles. The Kier molecular flexibility index (Phi) is 7.13. The number of benzene rings is 2. The van der Waals surface area contributed by atoms with Crippen LogP contribution in [0.5, 0.6) is 5.75 Å². The van der Waals surface area contributed by atoms with Gasteiger partial charge in [-0.3, -0.25) is 9.88 Å². The fourth-order valence-corrected chi connectivity index (χ4v) is 5.76. The topological polar surface area (TPSA) is 51.7 Å². The van der Waals surface area contributed by atoms with E-state index in [-0.39, 0.29) is 6.54 Å². The molecule has 1 aliphatic heterocycles. The van der Waals surface area contributed by atoms with Gasteiger partial charge in [0.15, 0.2) is 0 Å². The molecule has 1 aliphatic rings. The average Bonchev–Trinajstić information content (AvgIpc) is 3.22. The second-order valence-corrected chi connectivity index (χ2v) is 11.4. The van der Waals surface area contributed by atoms with Gasteiger partial charge >= 0.3 is 6.09 Å². The normalized spacial score (nSPS) is 15.0. The molecule has 0 radical (unpaired) electrons. The second kappa shape index (κ2) is 9.94. The predicted octanol–water partition coefficient (Wildman–Crippen LogP) is 7.35. The van der Waals surface area contributed by atoms with Crippen LogP contribution < -0.4 is 9.64 Å². The maximum Gasteiger partial charge on any atom is 0.415 e. The summed E-state index contributed by atoms with van der Waals surface area (Å²) < 4.78 is 11.4. The lowest BCUT2D eigenvalue weighted by atomic mass is 10.0. The Hall–Kier alpha value is -2.99. The van der Waals surface area contributed by atoms with Gasteiger partial charge in [-0.15, -0.1) is 11.8 Å². The number of ether oxygens (including phenoxy) is 2. The Morgan fingerprint density at radius 2 is 1.89 bits per heavy atom. The van der Waals surface area contributed by atoms with Crippen molar-refractivity contribution in [1.82, 2.24) is 4.98 Å². The summed E-state index contributed by atoms with van der Waals surface area (Å²) in [6.45, 7) is 12.0. The summed E-state index contributed by atoms with van der Waals surface area (Å²) in [5.41, 5.74) is 6.56. The molecule has 6 heteroatoms. The molecule has 1 amide bonds. The first-order valence-electron chi connectivity index (χ1n) is 11.9. The standard InChI is InChI=1S/C29H34N2O3S/c1-18-12-22(26-15-21-10-8-9-11-25(21)35-26)14-23(13-18)31(28(32)34-29(4,5)6)17-24-20(3)27(33-7)19(2)16-30-24/h8-14,16,26H,15,17H2,1-7H3. The molecule has 0 saturated heterocycles. The van der Waals surface area contributed by atoms with E-state index in [0.29, 0.717) is 5.25 Å². The number of amides is 1. The molecule has 0 spiro atoms. The molecular weight excluding hydrogens is 456 g/mol. The van der Waals surface area contributed by atoms with E-state index < -0.39 is 11.7 Å². The monoisotopic (exact) mass is 490 g/mol. The Labute approximate surface area is 212 Å². The van der Waals surface area contributed by atoms with Gasteiger partial charge in [0.2, 0.25) is 0 Å². The highest BCUT2D eigenvalue weighted by Crippen LogP contribution is 2.47. The molecule has 184 valence electrons. The number of thioether (sulfide) groups is 1. The van der Waals surface area contributed by atoms with Crippen molar-refractivity contribution in [3.8, 4) is 5.75 Å². The van der Waals surface area contributed by atoms with Crippen molar-refractivity contribution in [2.45, 2.75) is 70.3 Å². The molecule has 1 aromatic heterocycles. The Morgan fingerprint density at radius 1 is 1.14 bits per heavy atom. The van der Waals surface area contributed by atoms with Crippen LogP contribution in [0, 0.1) is 20.8 Å². The molecule has 0 N–H and O–H groups in total. The van der Waals surface area contributed by atoms with Crippen LogP contribution in [-0.4, -0.2) is 23.8 Å². The van der Waals surface area contributed by atoms with E-state index in [1.807, 2.05) is 52.4 Å². The summed E-state index contributed by atoms with van der Waals surface area (Å²) >= 11 is 1.89. The van der Waals surface area contributed by atoms with Crippen molar-refractivity contribution >= 4 is 23.5 Å². The number of methoxy groups -OCH3 is 1. The van der Waals surface area contributed by atoms with Gasteiger partial charge in [0, 0.05) is 33.2 Å². The molecule has 1 unspecified atom stereocenters. The molecule has 0 fully saturated rings. The second-order valence-electron chi connectivity index (χ2n) is 10.1. The molecule has 2 aromatic carbocycles. The molecule has 5 nitrogen and oxygen atoms in total. The number of hydrogen-bond donors (Lipinski definition) is 0. The summed E-state index contributed by atoms with van der Waals surface area (Å²) in [6, 6.07) is 15.0. The highest BCUT2D eigenvalue weighted by atomic mass is 32.2. The summed E-state index contributed by atoms with van der Waals surface area (Å²) in [6.07, 6.45) is 2.38. The van der Waals surface area contributed by atoms with E-state index in [4.69, 9.17) is 9.47 Å². The number of aryl methyl sites for hydroxylation is 2. The molecule has 3 aromatic rings. The van der Waals surface area contributed by atoms with Gasteiger partial charge in [-0.1, -0.05) is 24.3 Å². The quantitative estimate of drug-likeness (QED) is 0.374. The average molecular weight is 491 g/mol. The number of anilines is 1. The van der Waals surface area contributed by atoms with Crippen molar-refractivity contribution in [2.24, 2.45) is 0 Å². The van der Waals surface area contributed by atoms with Crippen LogP contribution in [0.4, 0.5) is 10.5 Å². The zero-order valence-electron chi connectivity index (χ0n) is 21.6. The SMILES string of the molecule is COc1c(C)cnc(CN(C(=O)OC(C)(C)C)c2cc(C)cc(C3Cc4ccccc4S3)c2)c1C. The number of carbonyl (C=O) groups is 1. The fourth-order valence-electron chi connectivity index (χ4n) is 4.46. The molecule has 2 heterocycles. The molecule has 0 saturated carbocycles. The molecule has 0 bridgehead atoms. The first kappa shape index (κ1) is 25.1. The third kappa shape index (κ3) is 5.64. The number of hydrogen-bond acceptors (Lipinski definition) is 5. The van der Waals surface area contributed by atoms with Gasteiger partial charge in [-0.25, -0.2) is 4.79 Å². The summed E-state index contributed by atoms with van der Waals surface area (Å²) in [5, 5.41) is 0.311. The number of fused-ring (bicyclic) bond motifs is 1. The van der Waals surface area contributed by atoms with E-state index in [1.165, 1.54) is 16.0 Å². The maximum absolute atomic E-state index is 13.5. The highest BCUT2D eigenvalue weighted by molar-refractivity contribution is 7.99. The number of carbonyl (C=O) groups excluding carboxylic acids is 1. The maximum atomic E-state index is 13.5. The number of pyridine rings is 1.